The fraction of sp³-hybridized carbons (Fsp3) is 0.385. The van der Waals surface area contributed by atoms with E-state index in [1.165, 1.54) is 0 Å². The largest absolute Gasteiger partial charge is 0.378 e. The highest BCUT2D eigenvalue weighted by atomic mass is 16.5. The highest BCUT2D eigenvalue weighted by molar-refractivity contribution is 5.51. The molecule has 1 saturated heterocycles. The van der Waals surface area contributed by atoms with Gasteiger partial charge in [0, 0.05) is 48.7 Å². The minimum atomic E-state index is 0.581. The number of rotatable bonds is 2. The monoisotopic (exact) mass is 418 g/mol. The summed E-state index contributed by atoms with van der Waals surface area (Å²) in [6.45, 7) is 6.84. The summed E-state index contributed by atoms with van der Waals surface area (Å²) >= 11 is 0. The molecule has 0 aliphatic carbocycles. The lowest BCUT2D eigenvalue weighted by Gasteiger charge is -2.26. The Hall–Kier alpha value is -2.96. The van der Waals surface area contributed by atoms with Gasteiger partial charge in [0.15, 0.2) is 0 Å². The second-order valence-electron chi connectivity index (χ2n) is 7.19. The Labute approximate surface area is 185 Å². The lowest BCUT2D eigenvalue weighted by Crippen LogP contribution is -2.33. The van der Waals surface area contributed by atoms with Crippen LogP contribution in [0, 0.1) is 24.7 Å². The Morgan fingerprint density at radius 3 is 1.16 bits per heavy atom. The van der Waals surface area contributed by atoms with E-state index in [4.69, 9.17) is 27.1 Å². The van der Waals surface area contributed by atoms with E-state index in [0.29, 0.717) is 39.6 Å². The summed E-state index contributed by atoms with van der Waals surface area (Å²) in [4.78, 5) is 4.52. The molecule has 0 bridgehead atoms. The lowest BCUT2D eigenvalue weighted by molar-refractivity contribution is 0.0530. The first-order chi connectivity index (χ1) is 15.3. The lowest BCUT2D eigenvalue weighted by atomic mass is 10.2. The maximum Gasteiger partial charge on any atom is 0.0701 e. The molecule has 5 nitrogen and oxygen atoms in total. The fourth-order valence-corrected chi connectivity index (χ4v) is 3.40. The molecular formula is C26H30N2O3. The average molecular weight is 419 g/mol. The van der Waals surface area contributed by atoms with E-state index in [9.17, 15) is 0 Å². The number of hydrogen-bond donors (Lipinski definition) is 0. The number of nitrogens with zero attached hydrogens (tertiary/aromatic N) is 2. The van der Waals surface area contributed by atoms with Crippen LogP contribution < -0.4 is 9.80 Å². The molecule has 1 aliphatic heterocycles. The van der Waals surface area contributed by atoms with Gasteiger partial charge in [0.1, 0.15) is 0 Å². The average Bonchev–Trinajstić information content (AvgIpc) is 2.83. The fourth-order valence-electron chi connectivity index (χ4n) is 3.40. The van der Waals surface area contributed by atoms with Gasteiger partial charge in [-0.25, -0.2) is 0 Å². The first-order valence-corrected chi connectivity index (χ1v) is 10.7. The summed E-state index contributed by atoms with van der Waals surface area (Å²) in [6, 6.07) is 16.0. The molecule has 2 aromatic rings. The van der Waals surface area contributed by atoms with Crippen LogP contribution in [0.15, 0.2) is 48.5 Å². The van der Waals surface area contributed by atoms with E-state index in [2.05, 4.69) is 21.6 Å². The molecule has 0 radical (unpaired) electrons. The van der Waals surface area contributed by atoms with Crippen LogP contribution in [0.25, 0.3) is 0 Å². The Morgan fingerprint density at radius 2 is 0.839 bits per heavy atom. The Bertz CT molecular complexity index is 792. The summed E-state index contributed by atoms with van der Waals surface area (Å²) in [7, 11) is 0. The third-order valence-electron chi connectivity index (χ3n) is 5.19. The molecular weight excluding hydrogens is 388 g/mol. The van der Waals surface area contributed by atoms with Gasteiger partial charge in [0.2, 0.25) is 0 Å². The third kappa shape index (κ3) is 7.35. The SMILES string of the molecule is C#Cc1ccc(N2CCOCCOCCN(c3ccc(C#C)cc3)CCOCC2)cc1. The first kappa shape index (κ1) is 22.7. The van der Waals surface area contributed by atoms with E-state index >= 15 is 0 Å². The number of hydrogen-bond acceptors (Lipinski definition) is 5. The Morgan fingerprint density at radius 1 is 0.516 bits per heavy atom. The number of benzene rings is 2. The van der Waals surface area contributed by atoms with Crippen molar-refractivity contribution in [2.24, 2.45) is 0 Å². The van der Waals surface area contributed by atoms with Crippen molar-refractivity contribution in [3.8, 4) is 24.7 Å². The molecule has 2 aromatic carbocycles. The van der Waals surface area contributed by atoms with Gasteiger partial charge in [-0.2, -0.15) is 0 Å². The van der Waals surface area contributed by atoms with Crippen molar-refractivity contribution in [2.75, 3.05) is 75.6 Å². The van der Waals surface area contributed by atoms with E-state index in [0.717, 1.165) is 48.7 Å². The molecule has 1 heterocycles. The van der Waals surface area contributed by atoms with E-state index in [-0.39, 0.29) is 0 Å². The Balaban J connectivity index is 1.60. The summed E-state index contributed by atoms with van der Waals surface area (Å²) in [5.74, 6) is 5.32. The van der Waals surface area contributed by atoms with Crippen LogP contribution in [-0.2, 0) is 14.2 Å². The quantitative estimate of drug-likeness (QED) is 0.701. The predicted molar refractivity (Wildman–Crippen MR) is 126 cm³/mol. The van der Waals surface area contributed by atoms with Crippen LogP contribution in [0.1, 0.15) is 11.1 Å². The molecule has 0 N–H and O–H groups in total. The van der Waals surface area contributed by atoms with Gasteiger partial charge in [0.05, 0.1) is 39.6 Å². The maximum atomic E-state index is 5.97. The first-order valence-electron chi connectivity index (χ1n) is 10.7. The second-order valence-corrected chi connectivity index (χ2v) is 7.19. The summed E-state index contributed by atoms with van der Waals surface area (Å²) in [6.07, 6.45) is 10.9. The van der Waals surface area contributed by atoms with Crippen LogP contribution in [0.3, 0.4) is 0 Å². The number of anilines is 2. The molecule has 0 unspecified atom stereocenters. The summed E-state index contributed by atoms with van der Waals surface area (Å²) in [5, 5.41) is 0. The van der Waals surface area contributed by atoms with Crippen molar-refractivity contribution in [1.29, 1.82) is 0 Å². The van der Waals surface area contributed by atoms with Gasteiger partial charge >= 0.3 is 0 Å². The standard InChI is InChI=1S/C26H30N2O3/c1-3-23-5-9-25(10-6-23)27-13-17-29-18-14-28(16-20-31-22-21-30-19-15-27)26-11-7-24(4-2)8-12-26/h1-2,5-12H,13-22H2. The van der Waals surface area contributed by atoms with Gasteiger partial charge in [-0.05, 0) is 48.5 Å². The zero-order chi connectivity index (χ0) is 21.7. The zero-order valence-electron chi connectivity index (χ0n) is 18.0. The van der Waals surface area contributed by atoms with Crippen molar-refractivity contribution in [2.45, 2.75) is 0 Å². The van der Waals surface area contributed by atoms with E-state index in [1.54, 1.807) is 0 Å². The molecule has 162 valence electrons. The van der Waals surface area contributed by atoms with Gasteiger partial charge in [-0.3, -0.25) is 0 Å². The molecule has 0 spiro atoms. The summed E-state index contributed by atoms with van der Waals surface area (Å²) in [5.41, 5.74) is 3.98. The molecule has 31 heavy (non-hydrogen) atoms. The van der Waals surface area contributed by atoms with E-state index in [1.807, 2.05) is 48.5 Å². The molecule has 0 aromatic heterocycles. The van der Waals surface area contributed by atoms with Crippen molar-refractivity contribution in [3.05, 3.63) is 59.7 Å². The summed E-state index contributed by atoms with van der Waals surface area (Å²) < 4.78 is 17.5. The van der Waals surface area contributed by atoms with Crippen LogP contribution >= 0.6 is 0 Å². The van der Waals surface area contributed by atoms with Crippen molar-refractivity contribution >= 4 is 11.4 Å². The van der Waals surface area contributed by atoms with Crippen LogP contribution in [0.4, 0.5) is 11.4 Å². The number of ether oxygens (including phenoxy) is 3. The smallest absolute Gasteiger partial charge is 0.0701 e. The number of terminal acetylenes is 2. The highest BCUT2D eigenvalue weighted by Crippen LogP contribution is 2.16. The maximum absolute atomic E-state index is 5.97. The molecule has 0 amide bonds. The van der Waals surface area contributed by atoms with Gasteiger partial charge in [-0.1, -0.05) is 11.8 Å². The second kappa shape index (κ2) is 12.7. The van der Waals surface area contributed by atoms with E-state index < -0.39 is 0 Å². The van der Waals surface area contributed by atoms with Crippen LogP contribution in [-0.4, -0.2) is 65.8 Å². The predicted octanol–water partition coefficient (Wildman–Crippen LogP) is 3.03. The minimum absolute atomic E-state index is 0.581. The van der Waals surface area contributed by atoms with Crippen molar-refractivity contribution < 1.29 is 14.2 Å². The van der Waals surface area contributed by atoms with Crippen LogP contribution in [0.5, 0.6) is 0 Å². The molecule has 5 heteroatoms. The van der Waals surface area contributed by atoms with Crippen molar-refractivity contribution in [3.63, 3.8) is 0 Å². The normalized spacial score (nSPS) is 17.1. The molecule has 3 rings (SSSR count). The van der Waals surface area contributed by atoms with Gasteiger partial charge < -0.3 is 24.0 Å². The third-order valence-corrected chi connectivity index (χ3v) is 5.19. The van der Waals surface area contributed by atoms with Gasteiger partial charge in [0.25, 0.3) is 0 Å². The van der Waals surface area contributed by atoms with Crippen LogP contribution in [0.2, 0.25) is 0 Å². The topological polar surface area (TPSA) is 34.2 Å². The molecule has 0 atom stereocenters. The van der Waals surface area contributed by atoms with Crippen molar-refractivity contribution in [1.82, 2.24) is 0 Å². The zero-order valence-corrected chi connectivity index (χ0v) is 18.0. The minimum Gasteiger partial charge on any atom is -0.378 e. The molecule has 1 aliphatic rings. The highest BCUT2D eigenvalue weighted by Gasteiger charge is 2.10. The van der Waals surface area contributed by atoms with Gasteiger partial charge in [-0.15, -0.1) is 12.8 Å². The molecule has 0 saturated carbocycles. The molecule has 1 fully saturated rings. The Kier molecular flexibility index (Phi) is 9.29.